The Labute approximate surface area is 176 Å². The van der Waals surface area contributed by atoms with Gasteiger partial charge >= 0.3 is 0 Å². The van der Waals surface area contributed by atoms with Gasteiger partial charge in [0, 0.05) is 44.3 Å². The Morgan fingerprint density at radius 1 is 1.21 bits per heavy atom. The van der Waals surface area contributed by atoms with Gasteiger partial charge in [-0.05, 0) is 61.1 Å². The van der Waals surface area contributed by atoms with Crippen LogP contribution in [0.5, 0.6) is 0 Å². The summed E-state index contributed by atoms with van der Waals surface area (Å²) in [5, 5.41) is 0.948. The molecule has 5 nitrogen and oxygen atoms in total. The highest BCUT2D eigenvalue weighted by Crippen LogP contribution is 2.35. The van der Waals surface area contributed by atoms with Crippen LogP contribution in [0, 0.1) is 5.41 Å². The Morgan fingerprint density at radius 2 is 1.90 bits per heavy atom. The first-order valence-corrected chi connectivity index (χ1v) is 12.4. The van der Waals surface area contributed by atoms with E-state index in [0.717, 1.165) is 56.4 Å². The lowest BCUT2D eigenvalue weighted by Crippen LogP contribution is -2.29. The minimum atomic E-state index is -3.23. The van der Waals surface area contributed by atoms with Crippen LogP contribution in [0.3, 0.4) is 0 Å². The summed E-state index contributed by atoms with van der Waals surface area (Å²) in [4.78, 5) is 0. The molecule has 1 aliphatic heterocycles. The average molecular weight is 421 g/mol. The van der Waals surface area contributed by atoms with Gasteiger partial charge in [-0.15, -0.1) is 0 Å². The van der Waals surface area contributed by atoms with Crippen molar-refractivity contribution >= 4 is 20.9 Å². The standard InChI is InChI=1S/C23H34N2O3S.H2/c1-16(24-29(26,27)19-6-7-19)21-14-25(15-23(2,3)4)22-13-18(5-8-20(21)22)17-9-11-28-12-10-17;/h5,8,13-14,16-17,19,24H,6-7,9-12,15H2,1-4H3;1H/t16-;/m0./s1. The summed E-state index contributed by atoms with van der Waals surface area (Å²) < 4.78 is 35.7. The zero-order valence-electron chi connectivity index (χ0n) is 18.1. The largest absolute Gasteiger partial charge is 0.381 e. The smallest absolute Gasteiger partial charge is 0.215 e. The van der Waals surface area contributed by atoms with Crippen LogP contribution < -0.4 is 4.72 Å². The molecule has 162 valence electrons. The number of benzene rings is 1. The molecule has 0 amide bonds. The van der Waals surface area contributed by atoms with Crippen molar-refractivity contribution in [2.45, 2.75) is 77.1 Å². The second kappa shape index (κ2) is 7.71. The first kappa shape index (κ1) is 20.9. The van der Waals surface area contributed by atoms with Gasteiger partial charge in [0.15, 0.2) is 0 Å². The number of fused-ring (bicyclic) bond motifs is 1. The molecule has 0 spiro atoms. The van der Waals surface area contributed by atoms with Crippen LogP contribution in [0.2, 0.25) is 0 Å². The monoisotopic (exact) mass is 420 g/mol. The third-order valence-electron chi connectivity index (χ3n) is 6.05. The molecule has 0 unspecified atom stereocenters. The van der Waals surface area contributed by atoms with E-state index in [1.807, 2.05) is 6.92 Å². The topological polar surface area (TPSA) is 60.3 Å². The predicted octanol–water partition coefficient (Wildman–Crippen LogP) is 4.97. The van der Waals surface area contributed by atoms with Gasteiger partial charge in [-0.3, -0.25) is 0 Å². The van der Waals surface area contributed by atoms with E-state index in [9.17, 15) is 8.42 Å². The number of hydrogen-bond acceptors (Lipinski definition) is 3. The molecule has 1 aromatic heterocycles. The molecular weight excluding hydrogens is 384 g/mol. The Hall–Kier alpha value is -1.37. The normalized spacial score (nSPS) is 20.3. The van der Waals surface area contributed by atoms with Crippen molar-refractivity contribution in [2.75, 3.05) is 13.2 Å². The third-order valence-corrected chi connectivity index (χ3v) is 8.08. The number of rotatable bonds is 6. The van der Waals surface area contributed by atoms with Crippen molar-refractivity contribution in [3.05, 3.63) is 35.5 Å². The summed E-state index contributed by atoms with van der Waals surface area (Å²) in [6.07, 6.45) is 5.85. The van der Waals surface area contributed by atoms with Gasteiger partial charge < -0.3 is 9.30 Å². The average Bonchev–Trinajstić information content (AvgIpc) is 3.45. The highest BCUT2D eigenvalue weighted by atomic mass is 32.2. The molecule has 0 radical (unpaired) electrons. The van der Waals surface area contributed by atoms with Crippen molar-refractivity contribution < 1.29 is 14.6 Å². The van der Waals surface area contributed by atoms with E-state index >= 15 is 0 Å². The van der Waals surface area contributed by atoms with Crippen molar-refractivity contribution in [3.63, 3.8) is 0 Å². The van der Waals surface area contributed by atoms with E-state index in [1.165, 1.54) is 11.1 Å². The van der Waals surface area contributed by atoms with E-state index < -0.39 is 10.0 Å². The van der Waals surface area contributed by atoms with E-state index in [1.54, 1.807) is 0 Å². The Balaban J connectivity index is 0.00000256. The zero-order valence-corrected chi connectivity index (χ0v) is 18.9. The van der Waals surface area contributed by atoms with Gasteiger partial charge in [0.05, 0.1) is 5.25 Å². The number of nitrogens with one attached hydrogen (secondary N) is 1. The fraction of sp³-hybridized carbons (Fsp3) is 0.652. The molecule has 4 rings (SSSR count). The quantitative estimate of drug-likeness (QED) is 0.718. The molecule has 1 aliphatic carbocycles. The summed E-state index contributed by atoms with van der Waals surface area (Å²) in [7, 11) is -3.23. The predicted molar refractivity (Wildman–Crippen MR) is 120 cm³/mol. The van der Waals surface area contributed by atoms with Gasteiger partial charge in [0.25, 0.3) is 0 Å². The first-order chi connectivity index (χ1) is 13.6. The lowest BCUT2D eigenvalue weighted by molar-refractivity contribution is 0.0853. The summed E-state index contributed by atoms with van der Waals surface area (Å²) in [6.45, 7) is 11.2. The number of sulfonamides is 1. The molecule has 2 aliphatic rings. The minimum absolute atomic E-state index is 0. The number of hydrogen-bond donors (Lipinski definition) is 1. The van der Waals surface area contributed by atoms with Crippen LogP contribution in [0.1, 0.15) is 77.9 Å². The molecule has 1 saturated carbocycles. The molecule has 29 heavy (non-hydrogen) atoms. The summed E-state index contributed by atoms with van der Waals surface area (Å²) in [5.41, 5.74) is 3.77. The summed E-state index contributed by atoms with van der Waals surface area (Å²) >= 11 is 0. The number of aromatic nitrogens is 1. The molecule has 6 heteroatoms. The van der Waals surface area contributed by atoms with E-state index in [0.29, 0.717) is 5.92 Å². The van der Waals surface area contributed by atoms with E-state index in [4.69, 9.17) is 4.74 Å². The minimum Gasteiger partial charge on any atom is -0.381 e. The molecule has 0 bridgehead atoms. The maximum Gasteiger partial charge on any atom is 0.215 e. The van der Waals surface area contributed by atoms with Crippen molar-refractivity contribution in [1.29, 1.82) is 0 Å². The number of ether oxygens (including phenoxy) is 1. The molecule has 1 aromatic carbocycles. The molecule has 2 fully saturated rings. The molecule has 2 aromatic rings. The lowest BCUT2D eigenvalue weighted by Gasteiger charge is -2.23. The maximum absolute atomic E-state index is 12.5. The molecule has 2 heterocycles. The molecule has 1 atom stereocenters. The third kappa shape index (κ3) is 4.70. The second-order valence-electron chi connectivity index (χ2n) is 10.0. The van der Waals surface area contributed by atoms with Crippen LogP contribution >= 0.6 is 0 Å². The maximum atomic E-state index is 12.5. The van der Waals surface area contributed by atoms with Crippen LogP contribution in [0.25, 0.3) is 10.9 Å². The Morgan fingerprint density at radius 3 is 2.52 bits per heavy atom. The van der Waals surface area contributed by atoms with Gasteiger partial charge in [-0.2, -0.15) is 0 Å². The molecule has 1 N–H and O–H groups in total. The van der Waals surface area contributed by atoms with Crippen LogP contribution in [-0.4, -0.2) is 31.4 Å². The Kier molecular flexibility index (Phi) is 5.55. The number of nitrogens with zero attached hydrogens (tertiary/aromatic N) is 1. The Bertz CT molecular complexity index is 984. The van der Waals surface area contributed by atoms with Gasteiger partial charge in [-0.25, -0.2) is 13.1 Å². The molecule has 1 saturated heterocycles. The fourth-order valence-electron chi connectivity index (χ4n) is 4.39. The lowest BCUT2D eigenvalue weighted by atomic mass is 9.90. The highest BCUT2D eigenvalue weighted by molar-refractivity contribution is 7.90. The fourth-order valence-corrected chi connectivity index (χ4v) is 5.96. The van der Waals surface area contributed by atoms with Crippen molar-refractivity contribution in [1.82, 2.24) is 9.29 Å². The van der Waals surface area contributed by atoms with Crippen LogP contribution in [0.15, 0.2) is 24.4 Å². The van der Waals surface area contributed by atoms with Crippen LogP contribution in [0.4, 0.5) is 0 Å². The highest BCUT2D eigenvalue weighted by Gasteiger charge is 2.37. The van der Waals surface area contributed by atoms with Crippen LogP contribution in [-0.2, 0) is 21.3 Å². The van der Waals surface area contributed by atoms with Crippen molar-refractivity contribution in [2.24, 2.45) is 5.41 Å². The van der Waals surface area contributed by atoms with Gasteiger partial charge in [-0.1, -0.05) is 32.9 Å². The van der Waals surface area contributed by atoms with E-state index in [2.05, 4.69) is 54.5 Å². The van der Waals surface area contributed by atoms with Gasteiger partial charge in [0.1, 0.15) is 0 Å². The summed E-state index contributed by atoms with van der Waals surface area (Å²) in [5.74, 6) is 0.542. The van der Waals surface area contributed by atoms with Crippen molar-refractivity contribution in [3.8, 4) is 0 Å². The summed E-state index contributed by atoms with van der Waals surface area (Å²) in [6, 6.07) is 6.50. The first-order valence-electron chi connectivity index (χ1n) is 10.9. The zero-order chi connectivity index (χ0) is 20.8. The molecular formula is C23H36N2O3S. The van der Waals surface area contributed by atoms with E-state index in [-0.39, 0.29) is 18.1 Å². The van der Waals surface area contributed by atoms with Gasteiger partial charge in [0.2, 0.25) is 10.0 Å². The second-order valence-corrected chi connectivity index (χ2v) is 12.0. The SMILES string of the molecule is C[C@H](NS(=O)(=O)C1CC1)c1cn(CC(C)(C)C)c2cc(C3CCOCC3)ccc12.[HH].